The molecule has 2 fully saturated rings. The highest BCUT2D eigenvalue weighted by atomic mass is 35.5. The Kier molecular flexibility index (Phi) is 7.85. The van der Waals surface area contributed by atoms with Gasteiger partial charge in [-0.3, -0.25) is 9.69 Å². The minimum Gasteiger partial charge on any atom is -0.489 e. The molecule has 1 aliphatic carbocycles. The van der Waals surface area contributed by atoms with Crippen molar-refractivity contribution in [1.82, 2.24) is 14.8 Å². The number of carbonyl (C=O) groups excluding carboxylic acids is 3. The van der Waals surface area contributed by atoms with Gasteiger partial charge in [0.2, 0.25) is 6.29 Å². The van der Waals surface area contributed by atoms with Gasteiger partial charge in [-0.05, 0) is 50.5 Å². The number of hydrogen-bond acceptors (Lipinski definition) is 7. The number of nitrogens with zero attached hydrogens (tertiary/aromatic N) is 3. The van der Waals surface area contributed by atoms with E-state index in [0.29, 0.717) is 16.5 Å². The Morgan fingerprint density at radius 3 is 2.50 bits per heavy atom. The minimum atomic E-state index is -1.00. The van der Waals surface area contributed by atoms with Gasteiger partial charge in [-0.15, -0.1) is 0 Å². The molecule has 10 nitrogen and oxygen atoms in total. The molecule has 1 unspecified atom stereocenters. The summed E-state index contributed by atoms with van der Waals surface area (Å²) in [7, 11) is 0. The predicted octanol–water partition coefficient (Wildman–Crippen LogP) is 4.07. The number of rotatable bonds is 10. The molecule has 1 aliphatic heterocycles. The Hall–Kier alpha value is -3.50. The zero-order chi connectivity index (χ0) is 25.8. The average Bonchev–Trinajstić information content (AvgIpc) is 3.67. The minimum absolute atomic E-state index is 0.131. The summed E-state index contributed by atoms with van der Waals surface area (Å²) in [6.07, 6.45) is 1.07. The van der Waals surface area contributed by atoms with Crippen molar-refractivity contribution in [3.63, 3.8) is 0 Å². The number of halogens is 1. The number of urea groups is 2. The summed E-state index contributed by atoms with van der Waals surface area (Å²) in [6, 6.07) is 11.5. The first-order chi connectivity index (χ1) is 17.3. The highest BCUT2D eigenvalue weighted by Crippen LogP contribution is 2.34. The molecular weight excluding hydrogens is 486 g/mol. The van der Waals surface area contributed by atoms with Crippen LogP contribution in [-0.4, -0.2) is 58.4 Å². The Morgan fingerprint density at radius 1 is 1.14 bits per heavy atom. The lowest BCUT2D eigenvalue weighted by molar-refractivity contribution is -0.143. The third-order valence-corrected chi connectivity index (χ3v) is 6.15. The van der Waals surface area contributed by atoms with Gasteiger partial charge in [0.15, 0.2) is 0 Å². The number of nitrogens with two attached hydrogens (primary N) is 1. The Bertz CT molecular complexity index is 1120. The number of amides is 4. The smallest absolute Gasteiger partial charge is 0.345 e. The standard InChI is InChI=1S/C25H30ClN5O5/c1-3-35-22(32)12-13-29-24(33)30(15-17-6-4-16(2)5-7-17)23(31(27)25(29)34)28-18-8-11-21(20(26)14-18)36-19-9-10-19/h4-8,11,14,19,23,28H,3,9-10,12-13,15,27H2,1-2H3. The van der Waals surface area contributed by atoms with E-state index in [-0.39, 0.29) is 32.2 Å². The van der Waals surface area contributed by atoms with Gasteiger partial charge in [-0.1, -0.05) is 41.4 Å². The van der Waals surface area contributed by atoms with E-state index in [4.69, 9.17) is 26.9 Å². The number of hydrazine groups is 1. The predicted molar refractivity (Wildman–Crippen MR) is 134 cm³/mol. The van der Waals surface area contributed by atoms with Crippen LogP contribution in [0.1, 0.15) is 37.3 Å². The van der Waals surface area contributed by atoms with Crippen LogP contribution in [0.25, 0.3) is 0 Å². The normalized spacial score (nSPS) is 17.9. The van der Waals surface area contributed by atoms with Gasteiger partial charge in [0, 0.05) is 12.2 Å². The maximum atomic E-state index is 13.5. The molecule has 2 aromatic carbocycles. The van der Waals surface area contributed by atoms with Gasteiger partial charge in [-0.25, -0.2) is 25.3 Å². The second-order valence-corrected chi connectivity index (χ2v) is 9.18. The highest BCUT2D eigenvalue weighted by Gasteiger charge is 2.43. The molecule has 36 heavy (non-hydrogen) atoms. The van der Waals surface area contributed by atoms with E-state index in [1.54, 1.807) is 25.1 Å². The van der Waals surface area contributed by atoms with Crippen LogP contribution in [0.5, 0.6) is 5.75 Å². The van der Waals surface area contributed by atoms with Crippen molar-refractivity contribution in [3.05, 3.63) is 58.6 Å². The summed E-state index contributed by atoms with van der Waals surface area (Å²) < 4.78 is 10.7. The van der Waals surface area contributed by atoms with Crippen molar-refractivity contribution < 1.29 is 23.9 Å². The average molecular weight is 516 g/mol. The van der Waals surface area contributed by atoms with E-state index < -0.39 is 24.3 Å². The number of benzene rings is 2. The molecule has 0 spiro atoms. The van der Waals surface area contributed by atoms with E-state index in [9.17, 15) is 14.4 Å². The van der Waals surface area contributed by atoms with Crippen LogP contribution in [0.3, 0.4) is 0 Å². The molecule has 1 atom stereocenters. The zero-order valence-corrected chi connectivity index (χ0v) is 21.0. The van der Waals surface area contributed by atoms with E-state index in [2.05, 4.69) is 5.32 Å². The van der Waals surface area contributed by atoms with Crippen LogP contribution >= 0.6 is 11.6 Å². The largest absolute Gasteiger partial charge is 0.489 e. The van der Waals surface area contributed by atoms with E-state index in [1.807, 2.05) is 31.2 Å². The highest BCUT2D eigenvalue weighted by molar-refractivity contribution is 6.32. The molecular formula is C25H30ClN5O5. The van der Waals surface area contributed by atoms with Crippen molar-refractivity contribution in [2.45, 2.75) is 52.0 Å². The molecule has 4 amide bonds. The number of nitrogens with one attached hydrogen (secondary N) is 1. The number of anilines is 1. The van der Waals surface area contributed by atoms with Crippen molar-refractivity contribution in [3.8, 4) is 5.75 Å². The second-order valence-electron chi connectivity index (χ2n) is 8.77. The second kappa shape index (κ2) is 11.0. The summed E-state index contributed by atoms with van der Waals surface area (Å²) in [6.45, 7) is 3.89. The van der Waals surface area contributed by atoms with Gasteiger partial charge in [0.25, 0.3) is 0 Å². The summed E-state index contributed by atoms with van der Waals surface area (Å²) >= 11 is 6.40. The lowest BCUT2D eigenvalue weighted by Crippen LogP contribution is -2.70. The SMILES string of the molecule is CCOC(=O)CCN1C(=O)N(N)C(Nc2ccc(OC3CC3)c(Cl)c2)N(Cc2ccc(C)cc2)C1=O. The summed E-state index contributed by atoms with van der Waals surface area (Å²) in [5.74, 6) is 6.28. The van der Waals surface area contributed by atoms with Gasteiger partial charge in [-0.2, -0.15) is 0 Å². The van der Waals surface area contributed by atoms with Crippen LogP contribution < -0.4 is 15.9 Å². The number of imide groups is 1. The fraction of sp³-hybridized carbons (Fsp3) is 0.400. The molecule has 1 heterocycles. The quantitative estimate of drug-likeness (QED) is 0.278. The molecule has 1 saturated carbocycles. The van der Waals surface area contributed by atoms with Crippen LogP contribution in [-0.2, 0) is 16.1 Å². The lowest BCUT2D eigenvalue weighted by Gasteiger charge is -2.45. The third kappa shape index (κ3) is 6.00. The number of aryl methyl sites for hydroxylation is 1. The van der Waals surface area contributed by atoms with Crippen molar-refractivity contribution in [1.29, 1.82) is 0 Å². The first-order valence-electron chi connectivity index (χ1n) is 11.9. The molecule has 4 rings (SSSR count). The first kappa shape index (κ1) is 25.6. The van der Waals surface area contributed by atoms with Gasteiger partial charge >= 0.3 is 18.0 Å². The summed E-state index contributed by atoms with van der Waals surface area (Å²) in [5, 5.41) is 4.48. The Labute approximate surface area is 214 Å². The zero-order valence-electron chi connectivity index (χ0n) is 20.3. The monoisotopic (exact) mass is 515 g/mol. The summed E-state index contributed by atoms with van der Waals surface area (Å²) in [5.41, 5.74) is 2.48. The Balaban J connectivity index is 1.57. The van der Waals surface area contributed by atoms with Crippen molar-refractivity contribution >= 4 is 35.3 Å². The number of ether oxygens (including phenoxy) is 2. The molecule has 2 aromatic rings. The fourth-order valence-corrected chi connectivity index (χ4v) is 3.98. The number of esters is 1. The first-order valence-corrected chi connectivity index (χ1v) is 12.2. The third-order valence-electron chi connectivity index (χ3n) is 5.85. The van der Waals surface area contributed by atoms with Crippen LogP contribution in [0.2, 0.25) is 5.02 Å². The molecule has 0 bridgehead atoms. The van der Waals surface area contributed by atoms with Crippen LogP contribution in [0.4, 0.5) is 15.3 Å². The molecule has 0 aromatic heterocycles. The lowest BCUT2D eigenvalue weighted by atomic mass is 10.1. The molecule has 192 valence electrons. The molecule has 0 radical (unpaired) electrons. The van der Waals surface area contributed by atoms with Crippen LogP contribution in [0, 0.1) is 6.92 Å². The molecule has 2 aliphatic rings. The number of hydrogen-bond donors (Lipinski definition) is 2. The maximum Gasteiger partial charge on any atom is 0.345 e. The van der Waals surface area contributed by atoms with Crippen LogP contribution in [0.15, 0.2) is 42.5 Å². The Morgan fingerprint density at radius 2 is 1.86 bits per heavy atom. The van der Waals surface area contributed by atoms with Crippen molar-refractivity contribution in [2.75, 3.05) is 18.5 Å². The number of carbonyl (C=O) groups is 3. The van der Waals surface area contributed by atoms with Gasteiger partial charge in [0.05, 0.1) is 30.7 Å². The topological polar surface area (TPSA) is 117 Å². The fourth-order valence-electron chi connectivity index (χ4n) is 3.76. The van der Waals surface area contributed by atoms with E-state index in [0.717, 1.165) is 33.9 Å². The van der Waals surface area contributed by atoms with Crippen molar-refractivity contribution in [2.24, 2.45) is 5.84 Å². The molecule has 11 heteroatoms. The molecule has 1 saturated heterocycles. The van der Waals surface area contributed by atoms with E-state index in [1.165, 1.54) is 4.90 Å². The maximum absolute atomic E-state index is 13.5. The van der Waals surface area contributed by atoms with Gasteiger partial charge in [0.1, 0.15) is 5.75 Å². The van der Waals surface area contributed by atoms with E-state index >= 15 is 0 Å². The molecule has 3 N–H and O–H groups in total. The summed E-state index contributed by atoms with van der Waals surface area (Å²) in [4.78, 5) is 40.8. The van der Waals surface area contributed by atoms with Gasteiger partial charge < -0.3 is 14.8 Å².